The molecule has 2 aliphatic rings. The minimum absolute atomic E-state index is 0.131. The van der Waals surface area contributed by atoms with Crippen LogP contribution in [0.3, 0.4) is 0 Å². The van der Waals surface area contributed by atoms with Crippen molar-refractivity contribution < 1.29 is 9.47 Å². The van der Waals surface area contributed by atoms with E-state index in [0.717, 1.165) is 58.7 Å². The number of ether oxygens (including phenoxy) is 2. The SMILES string of the molecule is CCOCCC1CCOC12CCN(Cc1ccncc1)CC2. The molecule has 1 aromatic heterocycles. The van der Waals surface area contributed by atoms with E-state index in [-0.39, 0.29) is 5.60 Å². The Balaban J connectivity index is 1.51. The van der Waals surface area contributed by atoms with Crippen LogP contribution in [0.4, 0.5) is 0 Å². The fourth-order valence-electron chi connectivity index (χ4n) is 3.95. The van der Waals surface area contributed by atoms with Crippen molar-refractivity contribution in [3.63, 3.8) is 0 Å². The van der Waals surface area contributed by atoms with E-state index in [2.05, 4.69) is 28.9 Å². The molecule has 0 amide bonds. The molecule has 2 saturated heterocycles. The predicted octanol–water partition coefficient (Wildman–Crippen LogP) is 2.88. The number of hydrogen-bond donors (Lipinski definition) is 0. The molecule has 0 radical (unpaired) electrons. The molecule has 4 nitrogen and oxygen atoms in total. The maximum atomic E-state index is 6.23. The zero-order valence-electron chi connectivity index (χ0n) is 13.7. The van der Waals surface area contributed by atoms with Gasteiger partial charge in [0.15, 0.2) is 0 Å². The van der Waals surface area contributed by atoms with E-state index < -0.39 is 0 Å². The first-order valence-corrected chi connectivity index (χ1v) is 8.65. The molecule has 1 unspecified atom stereocenters. The number of nitrogens with zero attached hydrogens (tertiary/aromatic N) is 2. The van der Waals surface area contributed by atoms with E-state index in [1.807, 2.05) is 12.4 Å². The van der Waals surface area contributed by atoms with Crippen LogP contribution < -0.4 is 0 Å². The van der Waals surface area contributed by atoms with Crippen LogP contribution in [0.15, 0.2) is 24.5 Å². The maximum absolute atomic E-state index is 6.23. The molecule has 0 N–H and O–H groups in total. The van der Waals surface area contributed by atoms with Crippen molar-refractivity contribution in [1.29, 1.82) is 0 Å². The molecule has 0 bridgehead atoms. The number of pyridine rings is 1. The number of aromatic nitrogens is 1. The summed E-state index contributed by atoms with van der Waals surface area (Å²) >= 11 is 0. The highest BCUT2D eigenvalue weighted by Gasteiger charge is 2.45. The summed E-state index contributed by atoms with van der Waals surface area (Å²) in [5.41, 5.74) is 1.48. The summed E-state index contributed by atoms with van der Waals surface area (Å²) in [4.78, 5) is 6.63. The Hall–Kier alpha value is -0.970. The van der Waals surface area contributed by atoms with Gasteiger partial charge in [-0.3, -0.25) is 9.88 Å². The van der Waals surface area contributed by atoms with Crippen molar-refractivity contribution in [2.24, 2.45) is 5.92 Å². The summed E-state index contributed by atoms with van der Waals surface area (Å²) < 4.78 is 11.8. The van der Waals surface area contributed by atoms with Gasteiger partial charge in [-0.1, -0.05) is 0 Å². The molecule has 22 heavy (non-hydrogen) atoms. The molecule has 1 atom stereocenters. The summed E-state index contributed by atoms with van der Waals surface area (Å²) in [6.07, 6.45) is 8.44. The van der Waals surface area contributed by atoms with E-state index >= 15 is 0 Å². The van der Waals surface area contributed by atoms with Crippen molar-refractivity contribution in [2.75, 3.05) is 32.9 Å². The first kappa shape index (κ1) is 15.9. The molecule has 1 aromatic rings. The van der Waals surface area contributed by atoms with Gasteiger partial charge in [-0.25, -0.2) is 0 Å². The summed E-state index contributed by atoms with van der Waals surface area (Å²) in [5, 5.41) is 0. The zero-order valence-corrected chi connectivity index (χ0v) is 13.7. The normalized spacial score (nSPS) is 24.9. The van der Waals surface area contributed by atoms with Gasteiger partial charge in [0.05, 0.1) is 5.60 Å². The Morgan fingerprint density at radius 2 is 2.09 bits per heavy atom. The van der Waals surface area contributed by atoms with Gasteiger partial charge in [-0.15, -0.1) is 0 Å². The van der Waals surface area contributed by atoms with Gasteiger partial charge in [-0.2, -0.15) is 0 Å². The summed E-state index contributed by atoms with van der Waals surface area (Å²) in [6, 6.07) is 4.22. The number of rotatable bonds is 6. The van der Waals surface area contributed by atoms with Crippen molar-refractivity contribution in [1.82, 2.24) is 9.88 Å². The van der Waals surface area contributed by atoms with Crippen LogP contribution >= 0.6 is 0 Å². The molecular weight excluding hydrogens is 276 g/mol. The molecule has 1 spiro atoms. The van der Waals surface area contributed by atoms with E-state index in [0.29, 0.717) is 5.92 Å². The number of hydrogen-bond acceptors (Lipinski definition) is 4. The van der Waals surface area contributed by atoms with Crippen LogP contribution in [0.5, 0.6) is 0 Å². The minimum atomic E-state index is 0.131. The second-order valence-electron chi connectivity index (χ2n) is 6.52. The Labute approximate surface area is 133 Å². The molecule has 0 saturated carbocycles. The highest BCUT2D eigenvalue weighted by atomic mass is 16.5. The van der Waals surface area contributed by atoms with E-state index in [1.165, 1.54) is 12.0 Å². The fourth-order valence-corrected chi connectivity index (χ4v) is 3.95. The lowest BCUT2D eigenvalue weighted by atomic mass is 9.78. The predicted molar refractivity (Wildman–Crippen MR) is 86.6 cm³/mol. The highest BCUT2D eigenvalue weighted by molar-refractivity contribution is 5.10. The molecule has 3 rings (SSSR count). The van der Waals surface area contributed by atoms with Crippen LogP contribution in [0, 0.1) is 5.92 Å². The Kier molecular flexibility index (Phi) is 5.45. The van der Waals surface area contributed by atoms with E-state index in [1.54, 1.807) is 0 Å². The summed E-state index contributed by atoms with van der Waals surface area (Å²) in [6.45, 7) is 8.00. The largest absolute Gasteiger partial charge is 0.382 e. The molecule has 3 heterocycles. The number of likely N-dealkylation sites (tertiary alicyclic amines) is 1. The standard InChI is InChI=1S/C18H28N2O2/c1-2-21-13-5-17-6-14-22-18(17)7-11-20(12-8-18)15-16-3-9-19-10-4-16/h3-4,9-10,17H,2,5-8,11-15H2,1H3. The molecule has 2 aliphatic heterocycles. The van der Waals surface area contributed by atoms with E-state index in [4.69, 9.17) is 9.47 Å². The zero-order chi connectivity index (χ0) is 15.3. The van der Waals surface area contributed by atoms with Gasteiger partial charge in [0.1, 0.15) is 0 Å². The minimum Gasteiger partial charge on any atom is -0.382 e. The van der Waals surface area contributed by atoms with Crippen LogP contribution in [0.2, 0.25) is 0 Å². The van der Waals surface area contributed by atoms with Crippen molar-refractivity contribution in [3.8, 4) is 0 Å². The lowest BCUT2D eigenvalue weighted by Crippen LogP contribution is -2.47. The fraction of sp³-hybridized carbons (Fsp3) is 0.722. The second-order valence-corrected chi connectivity index (χ2v) is 6.52. The maximum Gasteiger partial charge on any atom is 0.0736 e. The third kappa shape index (κ3) is 3.67. The first-order chi connectivity index (χ1) is 10.8. The van der Waals surface area contributed by atoms with Gasteiger partial charge in [-0.05, 0) is 56.2 Å². The van der Waals surface area contributed by atoms with Crippen molar-refractivity contribution in [2.45, 2.75) is 44.8 Å². The smallest absolute Gasteiger partial charge is 0.0736 e. The molecule has 122 valence electrons. The van der Waals surface area contributed by atoms with E-state index in [9.17, 15) is 0 Å². The molecule has 0 aliphatic carbocycles. The van der Waals surface area contributed by atoms with Crippen LogP contribution in [0.25, 0.3) is 0 Å². The lowest BCUT2D eigenvalue weighted by molar-refractivity contribution is -0.0728. The van der Waals surface area contributed by atoms with Crippen LogP contribution in [0.1, 0.15) is 38.2 Å². The Bertz CT molecular complexity index is 444. The lowest BCUT2D eigenvalue weighted by Gasteiger charge is -2.42. The van der Waals surface area contributed by atoms with Crippen LogP contribution in [-0.4, -0.2) is 48.4 Å². The van der Waals surface area contributed by atoms with Gasteiger partial charge in [0.25, 0.3) is 0 Å². The molecule has 0 aromatic carbocycles. The third-order valence-corrected chi connectivity index (χ3v) is 5.27. The van der Waals surface area contributed by atoms with Gasteiger partial charge in [0.2, 0.25) is 0 Å². The van der Waals surface area contributed by atoms with Gasteiger partial charge in [0, 0.05) is 51.8 Å². The van der Waals surface area contributed by atoms with Gasteiger partial charge < -0.3 is 9.47 Å². The van der Waals surface area contributed by atoms with Crippen LogP contribution in [-0.2, 0) is 16.0 Å². The quantitative estimate of drug-likeness (QED) is 0.757. The Morgan fingerprint density at radius 3 is 2.82 bits per heavy atom. The number of piperidine rings is 1. The molecule has 4 heteroatoms. The first-order valence-electron chi connectivity index (χ1n) is 8.65. The molecular formula is C18H28N2O2. The summed E-state index contributed by atoms with van der Waals surface area (Å²) in [5.74, 6) is 0.683. The summed E-state index contributed by atoms with van der Waals surface area (Å²) in [7, 11) is 0. The average molecular weight is 304 g/mol. The second kappa shape index (κ2) is 7.53. The monoisotopic (exact) mass is 304 g/mol. The van der Waals surface area contributed by atoms with Crippen molar-refractivity contribution >= 4 is 0 Å². The Morgan fingerprint density at radius 1 is 1.32 bits per heavy atom. The topological polar surface area (TPSA) is 34.6 Å². The average Bonchev–Trinajstić information content (AvgIpc) is 2.94. The highest BCUT2D eigenvalue weighted by Crippen LogP contribution is 2.42. The third-order valence-electron chi connectivity index (χ3n) is 5.27. The van der Waals surface area contributed by atoms with Gasteiger partial charge >= 0.3 is 0 Å². The molecule has 2 fully saturated rings. The van der Waals surface area contributed by atoms with Crippen molar-refractivity contribution in [3.05, 3.63) is 30.1 Å².